The monoisotopic (exact) mass is 575 g/mol. The van der Waals surface area contributed by atoms with Gasteiger partial charge in [0.15, 0.2) is 0 Å². The van der Waals surface area contributed by atoms with E-state index in [0.717, 1.165) is 18.9 Å². The van der Waals surface area contributed by atoms with E-state index in [-0.39, 0.29) is 19.1 Å². The Balaban J connectivity index is 1.81. The van der Waals surface area contributed by atoms with Crippen molar-refractivity contribution in [3.05, 3.63) is 71.3 Å². The van der Waals surface area contributed by atoms with Crippen LogP contribution < -0.4 is 0 Å². The molecule has 41 heavy (non-hydrogen) atoms. The molecule has 0 radical (unpaired) electrons. The van der Waals surface area contributed by atoms with Crippen LogP contribution >= 0.6 is 0 Å². The van der Waals surface area contributed by atoms with Crippen molar-refractivity contribution in [3.63, 3.8) is 0 Å². The Hall–Kier alpha value is -3.04. The summed E-state index contributed by atoms with van der Waals surface area (Å²) in [4.78, 5) is 27.7. The molecular weight excluding hydrogens is 532 g/mol. The number of benzene rings is 2. The molecule has 3 rings (SSSR count). The van der Waals surface area contributed by atoms with Gasteiger partial charge in [-0.15, -0.1) is 0 Å². The van der Waals surface area contributed by atoms with Crippen molar-refractivity contribution in [2.75, 3.05) is 20.4 Å². The molecule has 0 aliphatic carbocycles. The van der Waals surface area contributed by atoms with Crippen molar-refractivity contribution in [1.82, 2.24) is 4.90 Å². The Kier molecular flexibility index (Phi) is 12.1. The number of carbonyl (C=O) groups excluding carboxylic acids is 2. The molecule has 1 amide bonds. The van der Waals surface area contributed by atoms with Gasteiger partial charge in [0.25, 0.3) is 0 Å². The molecule has 0 bridgehead atoms. The van der Waals surface area contributed by atoms with E-state index in [2.05, 4.69) is 12.1 Å². The average molecular weight is 576 g/mol. The minimum Gasteiger partial charge on any atom is -0.458 e. The van der Waals surface area contributed by atoms with Gasteiger partial charge < -0.3 is 18.9 Å². The van der Waals surface area contributed by atoms with Crippen molar-refractivity contribution < 1.29 is 37.3 Å². The maximum Gasteiger partial charge on any atom is 0.412 e. The van der Waals surface area contributed by atoms with Crippen LogP contribution in [0.4, 0.5) is 13.6 Å². The minimum atomic E-state index is -0.924. The first kappa shape index (κ1) is 32.5. The third-order valence-corrected chi connectivity index (χ3v) is 7.09. The Morgan fingerprint density at radius 1 is 1.10 bits per heavy atom. The number of nitrogens with zero attached hydrogens (tertiary/aromatic N) is 1. The van der Waals surface area contributed by atoms with Crippen LogP contribution in [0.1, 0.15) is 64.5 Å². The minimum absolute atomic E-state index is 0.146. The summed E-state index contributed by atoms with van der Waals surface area (Å²) in [5.74, 6) is -2.05. The quantitative estimate of drug-likeness (QED) is 0.184. The molecule has 0 spiro atoms. The zero-order valence-electron chi connectivity index (χ0n) is 24.7. The van der Waals surface area contributed by atoms with Crippen LogP contribution in [-0.2, 0) is 36.6 Å². The molecule has 9 heteroatoms. The third-order valence-electron chi connectivity index (χ3n) is 7.09. The molecule has 1 aliphatic rings. The molecule has 0 aromatic heterocycles. The molecule has 226 valence electrons. The SMILES string of the molecule is COCN(C(=O)OC(C)(C)C)C1CCCC(Cc2ccc(F)cc2F)C(OCCCc2ccccc2)C(C)OC1=O. The first-order chi connectivity index (χ1) is 19.5. The Morgan fingerprint density at radius 3 is 2.49 bits per heavy atom. The predicted octanol–water partition coefficient (Wildman–Crippen LogP) is 6.47. The summed E-state index contributed by atoms with van der Waals surface area (Å²) in [6, 6.07) is 12.7. The molecule has 1 fully saturated rings. The summed E-state index contributed by atoms with van der Waals surface area (Å²) >= 11 is 0. The van der Waals surface area contributed by atoms with Gasteiger partial charge in [-0.05, 0) is 82.9 Å². The lowest BCUT2D eigenvalue weighted by Crippen LogP contribution is -2.49. The molecule has 7 nitrogen and oxygen atoms in total. The fourth-order valence-electron chi connectivity index (χ4n) is 5.18. The van der Waals surface area contributed by atoms with Crippen LogP contribution in [0.25, 0.3) is 0 Å². The predicted molar refractivity (Wildman–Crippen MR) is 151 cm³/mol. The van der Waals surface area contributed by atoms with Crippen LogP contribution in [0, 0.1) is 17.6 Å². The summed E-state index contributed by atoms with van der Waals surface area (Å²) in [6.45, 7) is 7.27. The van der Waals surface area contributed by atoms with E-state index in [1.807, 2.05) is 18.2 Å². The normalized spacial score (nSPS) is 21.8. The molecule has 0 saturated carbocycles. The van der Waals surface area contributed by atoms with Crippen molar-refractivity contribution in [3.8, 4) is 0 Å². The number of hydrogen-bond acceptors (Lipinski definition) is 6. The van der Waals surface area contributed by atoms with Crippen LogP contribution in [-0.4, -0.2) is 61.3 Å². The van der Waals surface area contributed by atoms with Gasteiger partial charge in [0, 0.05) is 19.8 Å². The number of cyclic esters (lactones) is 1. The second-order valence-corrected chi connectivity index (χ2v) is 11.6. The first-order valence-corrected chi connectivity index (χ1v) is 14.3. The fraction of sp³-hybridized carbons (Fsp3) is 0.562. The van der Waals surface area contributed by atoms with Crippen molar-refractivity contribution in [2.24, 2.45) is 5.92 Å². The van der Waals surface area contributed by atoms with Crippen LogP contribution in [0.3, 0.4) is 0 Å². The fourth-order valence-corrected chi connectivity index (χ4v) is 5.18. The van der Waals surface area contributed by atoms with Gasteiger partial charge in [-0.3, -0.25) is 4.90 Å². The van der Waals surface area contributed by atoms with E-state index in [0.29, 0.717) is 31.4 Å². The van der Waals surface area contributed by atoms with Gasteiger partial charge in [0.1, 0.15) is 36.1 Å². The standard InChI is InChI=1S/C32H43F2NO6/c1-22-29(39-18-10-13-23-11-7-6-8-12-23)25(19-24-16-17-26(33)20-27(24)34)14-9-15-28(30(36)40-22)35(21-38-5)31(37)41-32(2,3)4/h6-8,11-12,16-17,20,22,25,28-29H,9-10,13-15,18-19,21H2,1-5H3. The van der Waals surface area contributed by atoms with Crippen molar-refractivity contribution in [1.29, 1.82) is 0 Å². The van der Waals surface area contributed by atoms with Gasteiger partial charge in [0.2, 0.25) is 0 Å². The first-order valence-electron chi connectivity index (χ1n) is 14.3. The maximum absolute atomic E-state index is 14.7. The lowest BCUT2D eigenvalue weighted by Gasteiger charge is -2.33. The van der Waals surface area contributed by atoms with Crippen molar-refractivity contribution in [2.45, 2.75) is 90.1 Å². The number of hydrogen-bond donors (Lipinski definition) is 0. The topological polar surface area (TPSA) is 74.3 Å². The number of ether oxygens (including phenoxy) is 4. The number of rotatable bonds is 10. The second-order valence-electron chi connectivity index (χ2n) is 11.6. The maximum atomic E-state index is 14.7. The van der Waals surface area contributed by atoms with Gasteiger partial charge in [-0.2, -0.15) is 0 Å². The molecule has 2 aromatic carbocycles. The summed E-state index contributed by atoms with van der Waals surface area (Å²) < 4.78 is 51.3. The number of esters is 1. The molecule has 1 saturated heterocycles. The van der Waals surface area contributed by atoms with Gasteiger partial charge in [-0.1, -0.05) is 42.8 Å². The van der Waals surface area contributed by atoms with Crippen LogP contribution in [0.5, 0.6) is 0 Å². The Bertz CT molecular complexity index is 1120. The Morgan fingerprint density at radius 2 is 1.83 bits per heavy atom. The zero-order valence-corrected chi connectivity index (χ0v) is 24.7. The van der Waals surface area contributed by atoms with E-state index in [4.69, 9.17) is 18.9 Å². The summed E-state index contributed by atoms with van der Waals surface area (Å²) in [7, 11) is 1.44. The molecule has 2 aromatic rings. The van der Waals surface area contributed by atoms with E-state index >= 15 is 0 Å². The highest BCUT2D eigenvalue weighted by molar-refractivity contribution is 5.81. The second kappa shape index (κ2) is 15.3. The number of carbonyl (C=O) groups is 2. The molecule has 4 atom stereocenters. The van der Waals surface area contributed by atoms with E-state index in [1.54, 1.807) is 27.7 Å². The molecule has 4 unspecified atom stereocenters. The summed E-state index contributed by atoms with van der Waals surface area (Å²) in [5, 5.41) is 0. The average Bonchev–Trinajstić information content (AvgIpc) is 2.95. The van der Waals surface area contributed by atoms with Crippen LogP contribution in [0.15, 0.2) is 48.5 Å². The highest BCUT2D eigenvalue weighted by Gasteiger charge is 2.39. The molecule has 0 N–H and O–H groups in total. The lowest BCUT2D eigenvalue weighted by molar-refractivity contribution is -0.166. The van der Waals surface area contributed by atoms with E-state index in [9.17, 15) is 18.4 Å². The number of aryl methyl sites for hydroxylation is 1. The summed E-state index contributed by atoms with van der Waals surface area (Å²) in [5.41, 5.74) is 0.804. The van der Waals surface area contributed by atoms with Gasteiger partial charge >= 0.3 is 12.1 Å². The smallest absolute Gasteiger partial charge is 0.412 e. The van der Waals surface area contributed by atoms with Crippen molar-refractivity contribution >= 4 is 12.1 Å². The third kappa shape index (κ3) is 10.1. The highest BCUT2D eigenvalue weighted by Crippen LogP contribution is 2.30. The number of halogens is 2. The zero-order chi connectivity index (χ0) is 30.0. The molecular formula is C32H43F2NO6. The largest absolute Gasteiger partial charge is 0.458 e. The lowest BCUT2D eigenvalue weighted by atomic mass is 9.86. The van der Waals surface area contributed by atoms with Crippen LogP contribution in [0.2, 0.25) is 0 Å². The van der Waals surface area contributed by atoms with E-state index in [1.165, 1.54) is 29.7 Å². The van der Waals surface area contributed by atoms with E-state index < -0.39 is 47.5 Å². The highest BCUT2D eigenvalue weighted by atomic mass is 19.1. The number of amides is 1. The van der Waals surface area contributed by atoms with Gasteiger partial charge in [0.05, 0.1) is 6.10 Å². The Labute approximate surface area is 242 Å². The summed E-state index contributed by atoms with van der Waals surface area (Å²) in [6.07, 6.45) is 1.38. The van der Waals surface area contributed by atoms with Gasteiger partial charge in [-0.25, -0.2) is 18.4 Å². The molecule has 1 aliphatic heterocycles. The molecule has 1 heterocycles. The number of methoxy groups -OCH3 is 1.